The maximum Gasteiger partial charge on any atom is 0.328 e. The SMILES string of the molecule is CCC(NC(=O)C(=O)N(C(C)C)C(C)C)C(=O)OC. The van der Waals surface area contributed by atoms with Crippen LogP contribution in [0.4, 0.5) is 0 Å². The van der Waals surface area contributed by atoms with Crippen molar-refractivity contribution < 1.29 is 19.1 Å². The van der Waals surface area contributed by atoms with Gasteiger partial charge in [-0.15, -0.1) is 0 Å². The van der Waals surface area contributed by atoms with Gasteiger partial charge in [-0.05, 0) is 34.1 Å². The van der Waals surface area contributed by atoms with Crippen molar-refractivity contribution in [3.63, 3.8) is 0 Å². The number of hydrogen-bond donors (Lipinski definition) is 1. The molecule has 0 aliphatic heterocycles. The van der Waals surface area contributed by atoms with Crippen LogP contribution in [-0.2, 0) is 19.1 Å². The molecule has 1 atom stereocenters. The van der Waals surface area contributed by atoms with E-state index < -0.39 is 23.8 Å². The standard InChI is InChI=1S/C13H24N2O4/c1-7-10(13(18)19-6)14-11(16)12(17)15(8(2)3)9(4)5/h8-10H,7H2,1-6H3,(H,14,16). The van der Waals surface area contributed by atoms with Gasteiger partial charge in [-0.25, -0.2) is 4.79 Å². The van der Waals surface area contributed by atoms with E-state index >= 15 is 0 Å². The lowest BCUT2D eigenvalue weighted by Gasteiger charge is -2.30. The molecule has 0 rings (SSSR count). The fourth-order valence-corrected chi connectivity index (χ4v) is 1.87. The van der Waals surface area contributed by atoms with Crippen LogP contribution in [0.3, 0.4) is 0 Å². The lowest BCUT2D eigenvalue weighted by Crippen LogP contribution is -2.52. The van der Waals surface area contributed by atoms with Crippen molar-refractivity contribution >= 4 is 17.8 Å². The van der Waals surface area contributed by atoms with Gasteiger partial charge in [0.15, 0.2) is 0 Å². The Kier molecular flexibility index (Phi) is 7.11. The molecule has 1 unspecified atom stereocenters. The van der Waals surface area contributed by atoms with Gasteiger partial charge in [-0.2, -0.15) is 0 Å². The van der Waals surface area contributed by atoms with Gasteiger partial charge in [0.1, 0.15) is 6.04 Å². The maximum atomic E-state index is 12.1. The van der Waals surface area contributed by atoms with Gasteiger partial charge < -0.3 is 15.0 Å². The molecule has 0 radical (unpaired) electrons. The third-order valence-electron chi connectivity index (χ3n) is 2.74. The van der Waals surface area contributed by atoms with Gasteiger partial charge in [-0.3, -0.25) is 9.59 Å². The minimum absolute atomic E-state index is 0.0866. The molecule has 0 aromatic rings. The molecule has 0 aliphatic carbocycles. The van der Waals surface area contributed by atoms with Gasteiger partial charge in [0.05, 0.1) is 7.11 Å². The molecule has 2 amide bonds. The molecule has 0 fully saturated rings. The van der Waals surface area contributed by atoms with Crippen molar-refractivity contribution in [1.29, 1.82) is 0 Å². The zero-order valence-electron chi connectivity index (χ0n) is 12.5. The minimum Gasteiger partial charge on any atom is -0.467 e. The van der Waals surface area contributed by atoms with E-state index in [1.165, 1.54) is 12.0 Å². The van der Waals surface area contributed by atoms with Crippen LogP contribution in [0, 0.1) is 0 Å². The number of nitrogens with one attached hydrogen (secondary N) is 1. The molecule has 0 aromatic heterocycles. The Labute approximate surface area is 114 Å². The number of rotatable bonds is 5. The molecule has 19 heavy (non-hydrogen) atoms. The van der Waals surface area contributed by atoms with Crippen LogP contribution in [-0.4, -0.2) is 47.9 Å². The lowest BCUT2D eigenvalue weighted by atomic mass is 10.2. The third-order valence-corrected chi connectivity index (χ3v) is 2.74. The summed E-state index contributed by atoms with van der Waals surface area (Å²) in [7, 11) is 1.24. The summed E-state index contributed by atoms with van der Waals surface area (Å²) in [6.45, 7) is 9.08. The number of methoxy groups -OCH3 is 1. The van der Waals surface area contributed by atoms with Gasteiger partial charge in [-0.1, -0.05) is 6.92 Å². The van der Waals surface area contributed by atoms with E-state index in [0.29, 0.717) is 6.42 Å². The first-order chi connectivity index (χ1) is 8.76. The second-order valence-electron chi connectivity index (χ2n) is 4.86. The first kappa shape index (κ1) is 17.4. The Morgan fingerprint density at radius 1 is 1.11 bits per heavy atom. The highest BCUT2D eigenvalue weighted by Crippen LogP contribution is 2.06. The summed E-state index contributed by atoms with van der Waals surface area (Å²) in [5.41, 5.74) is 0. The summed E-state index contributed by atoms with van der Waals surface area (Å²) < 4.78 is 4.56. The molecular formula is C13H24N2O4. The molecule has 1 N–H and O–H groups in total. The van der Waals surface area contributed by atoms with Gasteiger partial charge in [0, 0.05) is 12.1 Å². The van der Waals surface area contributed by atoms with Gasteiger partial charge in [0.25, 0.3) is 0 Å². The molecule has 6 nitrogen and oxygen atoms in total. The molecule has 0 saturated heterocycles. The molecule has 0 saturated carbocycles. The summed E-state index contributed by atoms with van der Waals surface area (Å²) in [6, 6.07) is -0.962. The maximum absolute atomic E-state index is 12.1. The van der Waals surface area contributed by atoms with E-state index in [1.54, 1.807) is 6.92 Å². The number of esters is 1. The summed E-state index contributed by atoms with van der Waals surface area (Å²) in [5, 5.41) is 2.40. The molecule has 0 aliphatic rings. The normalized spacial score (nSPS) is 12.2. The second kappa shape index (κ2) is 7.76. The summed E-state index contributed by atoms with van der Waals surface area (Å²) in [4.78, 5) is 36.8. The Morgan fingerprint density at radius 2 is 1.58 bits per heavy atom. The average Bonchev–Trinajstić information content (AvgIpc) is 2.33. The number of carbonyl (C=O) groups excluding carboxylic acids is 3. The monoisotopic (exact) mass is 272 g/mol. The fraction of sp³-hybridized carbons (Fsp3) is 0.769. The van der Waals surface area contributed by atoms with Crippen molar-refractivity contribution in [2.45, 2.75) is 59.2 Å². The minimum atomic E-state index is -0.789. The topological polar surface area (TPSA) is 75.7 Å². The van der Waals surface area contributed by atoms with E-state index in [-0.39, 0.29) is 12.1 Å². The van der Waals surface area contributed by atoms with E-state index in [2.05, 4.69) is 10.1 Å². The molecule has 0 spiro atoms. The molecule has 0 heterocycles. The second-order valence-corrected chi connectivity index (χ2v) is 4.86. The van der Waals surface area contributed by atoms with E-state index in [1.807, 2.05) is 27.7 Å². The number of ether oxygens (including phenoxy) is 1. The highest BCUT2D eigenvalue weighted by molar-refractivity contribution is 6.35. The van der Waals surface area contributed by atoms with Crippen LogP contribution in [0.15, 0.2) is 0 Å². The highest BCUT2D eigenvalue weighted by atomic mass is 16.5. The van der Waals surface area contributed by atoms with Crippen molar-refractivity contribution in [3.05, 3.63) is 0 Å². The van der Waals surface area contributed by atoms with Gasteiger partial charge in [0.2, 0.25) is 0 Å². The van der Waals surface area contributed by atoms with Crippen LogP contribution < -0.4 is 5.32 Å². The number of hydrogen-bond acceptors (Lipinski definition) is 4. The van der Waals surface area contributed by atoms with Crippen LogP contribution in [0.5, 0.6) is 0 Å². The highest BCUT2D eigenvalue weighted by Gasteiger charge is 2.29. The quantitative estimate of drug-likeness (QED) is 0.590. The van der Waals surface area contributed by atoms with E-state index in [0.717, 1.165) is 0 Å². The molecular weight excluding hydrogens is 248 g/mol. The molecule has 0 aromatic carbocycles. The Balaban J connectivity index is 4.81. The predicted octanol–water partition coefficient (Wildman–Crippen LogP) is 0.700. The predicted molar refractivity (Wildman–Crippen MR) is 71.4 cm³/mol. The number of amides is 2. The van der Waals surface area contributed by atoms with E-state index in [4.69, 9.17) is 0 Å². The average molecular weight is 272 g/mol. The Hall–Kier alpha value is -1.59. The van der Waals surface area contributed by atoms with Crippen molar-refractivity contribution in [1.82, 2.24) is 10.2 Å². The smallest absolute Gasteiger partial charge is 0.328 e. The first-order valence-corrected chi connectivity index (χ1v) is 6.47. The summed E-state index contributed by atoms with van der Waals surface area (Å²) in [5.74, 6) is -1.96. The Bertz CT molecular complexity index is 332. The fourth-order valence-electron chi connectivity index (χ4n) is 1.87. The summed E-state index contributed by atoms with van der Waals surface area (Å²) >= 11 is 0. The van der Waals surface area contributed by atoms with Crippen LogP contribution in [0.1, 0.15) is 41.0 Å². The van der Waals surface area contributed by atoms with E-state index in [9.17, 15) is 14.4 Å². The molecule has 6 heteroatoms. The first-order valence-electron chi connectivity index (χ1n) is 6.47. The van der Waals surface area contributed by atoms with Crippen molar-refractivity contribution in [2.24, 2.45) is 0 Å². The lowest BCUT2D eigenvalue weighted by molar-refractivity contribution is -0.151. The Morgan fingerprint density at radius 3 is 1.89 bits per heavy atom. The molecule has 110 valence electrons. The van der Waals surface area contributed by atoms with Gasteiger partial charge >= 0.3 is 17.8 Å². The third kappa shape index (κ3) is 4.89. The number of carbonyl (C=O) groups is 3. The zero-order chi connectivity index (χ0) is 15.2. The van der Waals surface area contributed by atoms with Crippen LogP contribution in [0.2, 0.25) is 0 Å². The molecule has 0 bridgehead atoms. The number of nitrogens with zero attached hydrogens (tertiary/aromatic N) is 1. The zero-order valence-corrected chi connectivity index (χ0v) is 12.5. The van der Waals surface area contributed by atoms with Crippen LogP contribution in [0.25, 0.3) is 0 Å². The summed E-state index contributed by atoms with van der Waals surface area (Å²) in [6.07, 6.45) is 0.370. The largest absolute Gasteiger partial charge is 0.467 e. The van der Waals surface area contributed by atoms with Crippen molar-refractivity contribution in [2.75, 3.05) is 7.11 Å². The van der Waals surface area contributed by atoms with Crippen molar-refractivity contribution in [3.8, 4) is 0 Å². The van der Waals surface area contributed by atoms with Crippen LogP contribution >= 0.6 is 0 Å².